The minimum atomic E-state index is -3.81. The first-order valence-corrected chi connectivity index (χ1v) is 11.6. The molecule has 1 atom stereocenters. The molecule has 31 heavy (non-hydrogen) atoms. The lowest BCUT2D eigenvalue weighted by Crippen LogP contribution is -2.45. The van der Waals surface area contributed by atoms with E-state index in [1.807, 2.05) is 30.3 Å². The molecule has 1 saturated heterocycles. The summed E-state index contributed by atoms with van der Waals surface area (Å²) in [5.41, 5.74) is 1.36. The third-order valence-corrected chi connectivity index (χ3v) is 7.45. The Bertz CT molecular complexity index is 1090. The molecular weight excluding hydrogens is 418 g/mol. The van der Waals surface area contributed by atoms with Crippen molar-refractivity contribution >= 4 is 27.5 Å². The zero-order chi connectivity index (χ0) is 22.0. The van der Waals surface area contributed by atoms with Gasteiger partial charge in [0.05, 0.1) is 16.5 Å². The molecule has 2 aliphatic rings. The molecule has 0 radical (unpaired) electrons. The highest BCUT2D eigenvalue weighted by Gasteiger charge is 2.35. The number of rotatable bonds is 5. The van der Waals surface area contributed by atoms with E-state index in [-0.39, 0.29) is 29.9 Å². The van der Waals surface area contributed by atoms with E-state index in [2.05, 4.69) is 5.32 Å². The summed E-state index contributed by atoms with van der Waals surface area (Å²) < 4.78 is 33.1. The predicted molar refractivity (Wildman–Crippen MR) is 115 cm³/mol. The SMILES string of the molecule is CN(Cc1ccccc1)C(=O)C1CCCN(S(=O)(=O)c2ccc3c(c2)NC(=O)CO3)C1. The van der Waals surface area contributed by atoms with Crippen molar-refractivity contribution in [3.05, 3.63) is 54.1 Å². The number of sulfonamides is 1. The molecule has 1 fully saturated rings. The molecule has 9 heteroatoms. The first-order valence-electron chi connectivity index (χ1n) is 10.2. The van der Waals surface area contributed by atoms with Crippen LogP contribution < -0.4 is 10.1 Å². The van der Waals surface area contributed by atoms with Crippen LogP contribution in [0.4, 0.5) is 5.69 Å². The normalized spacial score (nSPS) is 19.1. The molecule has 0 saturated carbocycles. The Morgan fingerprint density at radius 3 is 2.77 bits per heavy atom. The van der Waals surface area contributed by atoms with Crippen molar-refractivity contribution < 1.29 is 22.7 Å². The van der Waals surface area contributed by atoms with Crippen LogP contribution in [0.5, 0.6) is 5.75 Å². The highest BCUT2D eigenvalue weighted by atomic mass is 32.2. The van der Waals surface area contributed by atoms with Crippen molar-refractivity contribution in [2.75, 3.05) is 32.1 Å². The van der Waals surface area contributed by atoms with Crippen molar-refractivity contribution in [3.8, 4) is 5.75 Å². The Labute approximate surface area is 181 Å². The fraction of sp³-hybridized carbons (Fsp3) is 0.364. The standard InChI is InChI=1S/C22H25N3O5S/c1-24(13-16-6-3-2-4-7-16)22(27)17-8-5-11-25(14-17)31(28,29)18-9-10-20-19(12-18)23-21(26)15-30-20/h2-4,6-7,9-10,12,17H,5,8,11,13-15H2,1H3,(H,23,26). The summed E-state index contributed by atoms with van der Waals surface area (Å²) in [4.78, 5) is 26.3. The summed E-state index contributed by atoms with van der Waals surface area (Å²) in [6.45, 7) is 0.883. The van der Waals surface area contributed by atoms with Gasteiger partial charge in [0.1, 0.15) is 5.75 Å². The topological polar surface area (TPSA) is 96.0 Å². The second kappa shape index (κ2) is 8.68. The van der Waals surface area contributed by atoms with Gasteiger partial charge in [0.25, 0.3) is 5.91 Å². The van der Waals surface area contributed by atoms with Gasteiger partial charge in [0.15, 0.2) is 6.61 Å². The number of carbonyl (C=O) groups is 2. The molecule has 2 aromatic carbocycles. The van der Waals surface area contributed by atoms with Crippen molar-refractivity contribution in [1.29, 1.82) is 0 Å². The number of fused-ring (bicyclic) bond motifs is 1. The lowest BCUT2D eigenvalue weighted by atomic mass is 9.98. The van der Waals surface area contributed by atoms with Crippen LogP contribution in [-0.2, 0) is 26.2 Å². The molecule has 164 valence electrons. The molecule has 2 aromatic rings. The van der Waals surface area contributed by atoms with Gasteiger partial charge >= 0.3 is 0 Å². The maximum absolute atomic E-state index is 13.2. The van der Waals surface area contributed by atoms with Gasteiger partial charge < -0.3 is 15.0 Å². The molecule has 0 aliphatic carbocycles. The van der Waals surface area contributed by atoms with Gasteiger partial charge in [-0.05, 0) is 36.6 Å². The van der Waals surface area contributed by atoms with E-state index < -0.39 is 15.9 Å². The maximum atomic E-state index is 13.2. The Morgan fingerprint density at radius 1 is 1.23 bits per heavy atom. The third-order valence-electron chi connectivity index (χ3n) is 5.59. The van der Waals surface area contributed by atoms with E-state index >= 15 is 0 Å². The van der Waals surface area contributed by atoms with E-state index in [9.17, 15) is 18.0 Å². The zero-order valence-electron chi connectivity index (χ0n) is 17.3. The van der Waals surface area contributed by atoms with Crippen LogP contribution in [0.1, 0.15) is 18.4 Å². The number of ether oxygens (including phenoxy) is 1. The van der Waals surface area contributed by atoms with Gasteiger partial charge in [-0.3, -0.25) is 9.59 Å². The second-order valence-corrected chi connectivity index (χ2v) is 9.81. The summed E-state index contributed by atoms with van der Waals surface area (Å²) in [6, 6.07) is 14.1. The Balaban J connectivity index is 1.48. The van der Waals surface area contributed by atoms with E-state index in [1.54, 1.807) is 18.0 Å². The van der Waals surface area contributed by atoms with Gasteiger partial charge in [-0.15, -0.1) is 0 Å². The number of nitrogens with one attached hydrogen (secondary N) is 1. The summed E-state index contributed by atoms with van der Waals surface area (Å²) in [6.07, 6.45) is 1.26. The molecule has 0 spiro atoms. The van der Waals surface area contributed by atoms with Crippen molar-refractivity contribution in [3.63, 3.8) is 0 Å². The summed E-state index contributed by atoms with van der Waals surface area (Å²) >= 11 is 0. The Morgan fingerprint density at radius 2 is 2.00 bits per heavy atom. The van der Waals surface area contributed by atoms with Gasteiger partial charge in [-0.25, -0.2) is 8.42 Å². The van der Waals surface area contributed by atoms with Crippen LogP contribution >= 0.6 is 0 Å². The fourth-order valence-corrected chi connectivity index (χ4v) is 5.53. The van der Waals surface area contributed by atoms with Crippen LogP contribution in [0.2, 0.25) is 0 Å². The number of anilines is 1. The molecule has 0 bridgehead atoms. The van der Waals surface area contributed by atoms with Gasteiger partial charge in [0.2, 0.25) is 15.9 Å². The number of hydrogen-bond donors (Lipinski definition) is 1. The number of nitrogens with zero attached hydrogens (tertiary/aromatic N) is 2. The number of piperidine rings is 1. The van der Waals surface area contributed by atoms with Gasteiger partial charge in [-0.1, -0.05) is 30.3 Å². The van der Waals surface area contributed by atoms with Gasteiger partial charge in [-0.2, -0.15) is 4.31 Å². The maximum Gasteiger partial charge on any atom is 0.262 e. The van der Waals surface area contributed by atoms with Crippen molar-refractivity contribution in [2.24, 2.45) is 5.92 Å². The Hall–Kier alpha value is -2.91. The average molecular weight is 444 g/mol. The Kier molecular flexibility index (Phi) is 5.97. The molecule has 2 aliphatic heterocycles. The van der Waals surface area contributed by atoms with Gasteiger partial charge in [0, 0.05) is 26.7 Å². The second-order valence-electron chi connectivity index (χ2n) is 7.88. The molecule has 2 heterocycles. The van der Waals surface area contributed by atoms with Crippen LogP contribution in [0.3, 0.4) is 0 Å². The average Bonchev–Trinajstić information content (AvgIpc) is 2.78. The lowest BCUT2D eigenvalue weighted by Gasteiger charge is -2.33. The lowest BCUT2D eigenvalue weighted by molar-refractivity contribution is -0.135. The number of carbonyl (C=O) groups excluding carboxylic acids is 2. The highest BCUT2D eigenvalue weighted by Crippen LogP contribution is 2.32. The molecule has 2 amide bonds. The van der Waals surface area contributed by atoms with Crippen LogP contribution in [0.15, 0.2) is 53.4 Å². The first-order chi connectivity index (χ1) is 14.8. The van der Waals surface area contributed by atoms with E-state index in [0.29, 0.717) is 37.4 Å². The zero-order valence-corrected chi connectivity index (χ0v) is 18.1. The minimum absolute atomic E-state index is 0.0603. The van der Waals surface area contributed by atoms with E-state index in [1.165, 1.54) is 16.4 Å². The van der Waals surface area contributed by atoms with Crippen molar-refractivity contribution in [1.82, 2.24) is 9.21 Å². The third kappa shape index (κ3) is 4.57. The van der Waals surface area contributed by atoms with Crippen molar-refractivity contribution in [2.45, 2.75) is 24.3 Å². The summed E-state index contributed by atoms with van der Waals surface area (Å²) in [5, 5.41) is 2.63. The predicted octanol–water partition coefficient (Wildman–Crippen LogP) is 2.08. The number of hydrogen-bond acceptors (Lipinski definition) is 5. The molecule has 0 aromatic heterocycles. The molecule has 1 unspecified atom stereocenters. The molecule has 4 rings (SSSR count). The largest absolute Gasteiger partial charge is 0.482 e. The smallest absolute Gasteiger partial charge is 0.262 e. The molecular formula is C22H25N3O5S. The van der Waals surface area contributed by atoms with Crippen LogP contribution in [-0.4, -0.2) is 56.2 Å². The van der Waals surface area contributed by atoms with Crippen LogP contribution in [0, 0.1) is 5.92 Å². The quantitative estimate of drug-likeness (QED) is 0.763. The monoisotopic (exact) mass is 443 g/mol. The number of amides is 2. The summed E-state index contributed by atoms with van der Waals surface area (Å²) in [5.74, 6) is -0.340. The minimum Gasteiger partial charge on any atom is -0.482 e. The highest BCUT2D eigenvalue weighted by molar-refractivity contribution is 7.89. The number of benzene rings is 2. The first kappa shape index (κ1) is 21.3. The molecule has 1 N–H and O–H groups in total. The van der Waals surface area contributed by atoms with E-state index in [0.717, 1.165) is 5.56 Å². The molecule has 8 nitrogen and oxygen atoms in total. The summed E-state index contributed by atoms with van der Waals surface area (Å²) in [7, 11) is -2.06. The fourth-order valence-electron chi connectivity index (χ4n) is 3.98. The van der Waals surface area contributed by atoms with E-state index in [4.69, 9.17) is 4.74 Å². The van der Waals surface area contributed by atoms with Crippen LogP contribution in [0.25, 0.3) is 0 Å².